The second kappa shape index (κ2) is 5.03. The topological polar surface area (TPSA) is 30.7 Å². The molecule has 0 radical (unpaired) electrons. The van der Waals surface area contributed by atoms with Crippen molar-refractivity contribution in [1.82, 2.24) is 14.8 Å². The van der Waals surface area contributed by atoms with E-state index in [0.29, 0.717) is 21.4 Å². The lowest BCUT2D eigenvalue weighted by atomic mass is 10.2. The maximum absolute atomic E-state index is 6.21. The molecule has 1 heterocycles. The van der Waals surface area contributed by atoms with Gasteiger partial charge in [0.25, 0.3) is 0 Å². The third-order valence-corrected chi connectivity index (χ3v) is 3.40. The smallest absolute Gasteiger partial charge is 0.171 e. The molecule has 0 amide bonds. The van der Waals surface area contributed by atoms with E-state index in [9.17, 15) is 0 Å². The van der Waals surface area contributed by atoms with Crippen LogP contribution >= 0.6 is 23.2 Å². The van der Waals surface area contributed by atoms with Gasteiger partial charge in [0.15, 0.2) is 5.82 Å². The molecule has 0 fully saturated rings. The fourth-order valence-corrected chi connectivity index (χ4v) is 2.46. The molecule has 1 aromatic heterocycles. The molecule has 0 aliphatic rings. The van der Waals surface area contributed by atoms with Crippen LogP contribution in [0.15, 0.2) is 54.9 Å². The van der Waals surface area contributed by atoms with Crippen LogP contribution in [0.3, 0.4) is 0 Å². The normalized spacial score (nSPS) is 10.6. The lowest BCUT2D eigenvalue weighted by molar-refractivity contribution is 1.06. The minimum absolute atomic E-state index is 0.553. The third kappa shape index (κ3) is 2.23. The molecule has 3 aromatic rings. The Bertz CT molecular complexity index is 687. The number of benzene rings is 2. The quantitative estimate of drug-likeness (QED) is 0.706. The summed E-state index contributed by atoms with van der Waals surface area (Å²) in [5.41, 5.74) is 1.64. The molecule has 0 unspecified atom stereocenters. The number of nitrogens with zero attached hydrogens (tertiary/aromatic N) is 3. The number of para-hydroxylation sites is 1. The highest BCUT2D eigenvalue weighted by Crippen LogP contribution is 2.34. The average molecular weight is 290 g/mol. The monoisotopic (exact) mass is 289 g/mol. The van der Waals surface area contributed by atoms with Gasteiger partial charge in [-0.2, -0.15) is 0 Å². The van der Waals surface area contributed by atoms with E-state index in [4.69, 9.17) is 23.2 Å². The second-order valence-electron chi connectivity index (χ2n) is 3.96. The zero-order valence-corrected chi connectivity index (χ0v) is 11.3. The highest BCUT2D eigenvalue weighted by Gasteiger charge is 2.15. The molecule has 3 rings (SSSR count). The molecular weight excluding hydrogens is 281 g/mol. The van der Waals surface area contributed by atoms with Crippen molar-refractivity contribution in [1.29, 1.82) is 0 Å². The molecule has 0 aliphatic carbocycles. The standard InChI is InChI=1S/C14H9Cl2N3/c15-11-7-4-8-12(16)13(11)14-18-17-9-19(14)10-5-2-1-3-6-10/h1-9H. The van der Waals surface area contributed by atoms with E-state index in [1.807, 2.05) is 34.9 Å². The molecular formula is C14H9Cl2N3. The van der Waals surface area contributed by atoms with Crippen molar-refractivity contribution in [2.75, 3.05) is 0 Å². The van der Waals surface area contributed by atoms with Crippen LogP contribution in [0.25, 0.3) is 17.1 Å². The Kier molecular flexibility index (Phi) is 3.23. The van der Waals surface area contributed by atoms with Crippen molar-refractivity contribution in [2.45, 2.75) is 0 Å². The number of hydrogen-bond donors (Lipinski definition) is 0. The molecule has 5 heteroatoms. The summed E-state index contributed by atoms with van der Waals surface area (Å²) >= 11 is 12.4. The highest BCUT2D eigenvalue weighted by molar-refractivity contribution is 6.39. The molecule has 0 atom stereocenters. The van der Waals surface area contributed by atoms with Gasteiger partial charge < -0.3 is 0 Å². The minimum atomic E-state index is 0.553. The van der Waals surface area contributed by atoms with Crippen LogP contribution in [0.4, 0.5) is 0 Å². The predicted molar refractivity (Wildman–Crippen MR) is 76.8 cm³/mol. The lowest BCUT2D eigenvalue weighted by Gasteiger charge is -2.09. The van der Waals surface area contributed by atoms with Crippen molar-refractivity contribution in [3.8, 4) is 17.1 Å². The Morgan fingerprint density at radius 3 is 2.21 bits per heavy atom. The Labute approximate surface area is 120 Å². The highest BCUT2D eigenvalue weighted by atomic mass is 35.5. The zero-order chi connectivity index (χ0) is 13.2. The number of halogens is 2. The van der Waals surface area contributed by atoms with Crippen molar-refractivity contribution in [2.24, 2.45) is 0 Å². The van der Waals surface area contributed by atoms with E-state index < -0.39 is 0 Å². The van der Waals surface area contributed by atoms with Crippen LogP contribution in [-0.2, 0) is 0 Å². The summed E-state index contributed by atoms with van der Waals surface area (Å²) in [7, 11) is 0. The first-order chi connectivity index (χ1) is 9.27. The summed E-state index contributed by atoms with van der Waals surface area (Å²) in [5.74, 6) is 0.627. The summed E-state index contributed by atoms with van der Waals surface area (Å²) in [4.78, 5) is 0. The van der Waals surface area contributed by atoms with Gasteiger partial charge >= 0.3 is 0 Å². The number of hydrogen-bond acceptors (Lipinski definition) is 2. The van der Waals surface area contributed by atoms with Gasteiger partial charge in [-0.3, -0.25) is 4.57 Å². The van der Waals surface area contributed by atoms with E-state index in [1.54, 1.807) is 24.5 Å². The number of rotatable bonds is 2. The van der Waals surface area contributed by atoms with Gasteiger partial charge in [-0.25, -0.2) is 0 Å². The fraction of sp³-hybridized carbons (Fsp3) is 0. The molecule has 94 valence electrons. The van der Waals surface area contributed by atoms with Crippen LogP contribution in [0.1, 0.15) is 0 Å². The van der Waals surface area contributed by atoms with Crippen molar-refractivity contribution < 1.29 is 0 Å². The maximum Gasteiger partial charge on any atom is 0.171 e. The molecule has 3 nitrogen and oxygen atoms in total. The number of aromatic nitrogens is 3. The Morgan fingerprint density at radius 1 is 0.842 bits per heavy atom. The van der Waals surface area contributed by atoms with Gasteiger partial charge in [0, 0.05) is 5.69 Å². The summed E-state index contributed by atoms with van der Waals surface area (Å²) < 4.78 is 1.85. The second-order valence-corrected chi connectivity index (χ2v) is 4.77. The first-order valence-electron chi connectivity index (χ1n) is 5.67. The van der Waals surface area contributed by atoms with Gasteiger partial charge in [0.05, 0.1) is 15.6 Å². The fourth-order valence-electron chi connectivity index (χ4n) is 1.89. The molecule has 0 saturated carbocycles. The van der Waals surface area contributed by atoms with Crippen molar-refractivity contribution in [3.63, 3.8) is 0 Å². The molecule has 0 saturated heterocycles. The molecule has 0 bridgehead atoms. The summed E-state index contributed by atoms with van der Waals surface area (Å²) in [6.45, 7) is 0. The van der Waals surface area contributed by atoms with Crippen molar-refractivity contribution >= 4 is 23.2 Å². The first-order valence-corrected chi connectivity index (χ1v) is 6.43. The van der Waals surface area contributed by atoms with Crippen LogP contribution in [-0.4, -0.2) is 14.8 Å². The maximum atomic E-state index is 6.21. The Balaban J connectivity index is 2.21. The van der Waals surface area contributed by atoms with Crippen LogP contribution in [0.2, 0.25) is 10.0 Å². The van der Waals surface area contributed by atoms with E-state index in [-0.39, 0.29) is 0 Å². The predicted octanol–water partition coefficient (Wildman–Crippen LogP) is 4.24. The van der Waals surface area contributed by atoms with Crippen molar-refractivity contribution in [3.05, 3.63) is 64.9 Å². The van der Waals surface area contributed by atoms with Crippen LogP contribution in [0.5, 0.6) is 0 Å². The minimum Gasteiger partial charge on any atom is -0.282 e. The molecule has 2 aromatic carbocycles. The zero-order valence-electron chi connectivity index (χ0n) is 9.79. The average Bonchev–Trinajstić information content (AvgIpc) is 2.89. The molecule has 0 spiro atoms. The first kappa shape index (κ1) is 12.2. The Hall–Kier alpha value is -1.84. The summed E-state index contributed by atoms with van der Waals surface area (Å²) in [6, 6.07) is 15.2. The SMILES string of the molecule is Clc1cccc(Cl)c1-c1nncn1-c1ccccc1. The van der Waals surface area contributed by atoms with E-state index in [2.05, 4.69) is 10.2 Å². The molecule has 0 aliphatic heterocycles. The van der Waals surface area contributed by atoms with Gasteiger partial charge in [-0.15, -0.1) is 10.2 Å². The third-order valence-electron chi connectivity index (χ3n) is 2.77. The van der Waals surface area contributed by atoms with Crippen LogP contribution in [0, 0.1) is 0 Å². The summed E-state index contributed by atoms with van der Waals surface area (Å²) in [6.07, 6.45) is 1.64. The lowest BCUT2D eigenvalue weighted by Crippen LogP contribution is -1.96. The Morgan fingerprint density at radius 2 is 1.53 bits per heavy atom. The molecule has 0 N–H and O–H groups in total. The van der Waals surface area contributed by atoms with E-state index >= 15 is 0 Å². The van der Waals surface area contributed by atoms with Gasteiger partial charge in [-0.1, -0.05) is 47.5 Å². The van der Waals surface area contributed by atoms with E-state index in [0.717, 1.165) is 5.69 Å². The van der Waals surface area contributed by atoms with E-state index in [1.165, 1.54) is 0 Å². The van der Waals surface area contributed by atoms with Gasteiger partial charge in [0.1, 0.15) is 6.33 Å². The molecule has 19 heavy (non-hydrogen) atoms. The largest absolute Gasteiger partial charge is 0.282 e. The van der Waals surface area contributed by atoms with Crippen LogP contribution < -0.4 is 0 Å². The van der Waals surface area contributed by atoms with Gasteiger partial charge in [0.2, 0.25) is 0 Å². The summed E-state index contributed by atoms with van der Waals surface area (Å²) in [5, 5.41) is 9.19. The van der Waals surface area contributed by atoms with Gasteiger partial charge in [-0.05, 0) is 24.3 Å².